The van der Waals surface area contributed by atoms with E-state index in [0.29, 0.717) is 0 Å². The highest BCUT2D eigenvalue weighted by molar-refractivity contribution is 7.17. The van der Waals surface area contributed by atoms with Gasteiger partial charge in [-0.2, -0.15) is 0 Å². The van der Waals surface area contributed by atoms with Crippen molar-refractivity contribution >= 4 is 27.2 Å². The van der Waals surface area contributed by atoms with Crippen LogP contribution in [-0.2, 0) is 0 Å². The Morgan fingerprint density at radius 3 is 3.00 bits per heavy atom. The molecule has 3 rings (SSSR count). The van der Waals surface area contributed by atoms with Crippen LogP contribution in [0.3, 0.4) is 0 Å². The highest BCUT2D eigenvalue weighted by Crippen LogP contribution is 2.36. The molecule has 0 saturated heterocycles. The zero-order chi connectivity index (χ0) is 11.0. The molecule has 1 saturated carbocycles. The van der Waals surface area contributed by atoms with E-state index >= 15 is 0 Å². The van der Waals surface area contributed by atoms with E-state index < -0.39 is 0 Å². The molecule has 0 amide bonds. The van der Waals surface area contributed by atoms with Gasteiger partial charge in [-0.15, -0.1) is 11.3 Å². The predicted octanol–water partition coefficient (Wildman–Crippen LogP) is 2.62. The summed E-state index contributed by atoms with van der Waals surface area (Å²) in [5.41, 5.74) is -0.122. The van der Waals surface area contributed by atoms with Crippen molar-refractivity contribution in [1.82, 2.24) is 4.98 Å². The molecule has 2 N–H and O–H groups in total. The summed E-state index contributed by atoms with van der Waals surface area (Å²) in [5.74, 6) is 0.910. The lowest BCUT2D eigenvalue weighted by molar-refractivity contribution is 0.144. The van der Waals surface area contributed by atoms with Crippen LogP contribution in [0.25, 0.3) is 10.1 Å². The van der Waals surface area contributed by atoms with E-state index in [-0.39, 0.29) is 12.1 Å². The van der Waals surface area contributed by atoms with Crippen molar-refractivity contribution in [3.63, 3.8) is 0 Å². The highest BCUT2D eigenvalue weighted by Gasteiger charge is 2.36. The quantitative estimate of drug-likeness (QED) is 0.858. The molecule has 4 heteroatoms. The number of rotatable bonds is 3. The van der Waals surface area contributed by atoms with Gasteiger partial charge in [0.05, 0.1) is 12.1 Å². The average Bonchev–Trinajstić information content (AvgIpc) is 2.72. The minimum absolute atomic E-state index is 0.122. The van der Waals surface area contributed by atoms with Crippen LogP contribution in [0.1, 0.15) is 19.3 Å². The second-order valence-corrected chi connectivity index (χ2v) is 5.36. The van der Waals surface area contributed by atoms with Crippen LogP contribution >= 0.6 is 11.3 Å². The summed E-state index contributed by atoms with van der Waals surface area (Å²) in [4.78, 5) is 4.38. The molecule has 2 aromatic rings. The van der Waals surface area contributed by atoms with Crippen LogP contribution in [0.2, 0.25) is 0 Å². The van der Waals surface area contributed by atoms with Crippen LogP contribution in [0, 0.1) is 0 Å². The van der Waals surface area contributed by atoms with Crippen LogP contribution in [-0.4, -0.2) is 22.2 Å². The zero-order valence-electron chi connectivity index (χ0n) is 8.94. The summed E-state index contributed by atoms with van der Waals surface area (Å²) >= 11 is 1.72. The monoisotopic (exact) mass is 234 g/mol. The van der Waals surface area contributed by atoms with Gasteiger partial charge in [-0.3, -0.25) is 0 Å². The molecular weight excluding hydrogens is 220 g/mol. The summed E-state index contributed by atoms with van der Waals surface area (Å²) in [6, 6.07) is 4.11. The molecule has 0 aliphatic heterocycles. The smallest absolute Gasteiger partial charge is 0.135 e. The normalized spacial score (nSPS) is 18.3. The number of aliphatic hydroxyl groups excluding tert-OH is 1. The lowest BCUT2D eigenvalue weighted by Crippen LogP contribution is -2.48. The fourth-order valence-electron chi connectivity index (χ4n) is 2.17. The Morgan fingerprint density at radius 1 is 1.44 bits per heavy atom. The molecule has 16 heavy (non-hydrogen) atoms. The summed E-state index contributed by atoms with van der Waals surface area (Å²) < 4.78 is 1.24. The van der Waals surface area contributed by atoms with Gasteiger partial charge in [0.1, 0.15) is 5.82 Å². The van der Waals surface area contributed by atoms with E-state index in [0.717, 1.165) is 24.0 Å². The third-order valence-corrected chi connectivity index (χ3v) is 4.26. The highest BCUT2D eigenvalue weighted by atomic mass is 32.1. The van der Waals surface area contributed by atoms with Gasteiger partial charge in [0.15, 0.2) is 0 Å². The zero-order valence-corrected chi connectivity index (χ0v) is 9.76. The van der Waals surface area contributed by atoms with Crippen molar-refractivity contribution in [1.29, 1.82) is 0 Å². The van der Waals surface area contributed by atoms with Crippen molar-refractivity contribution in [2.75, 3.05) is 11.9 Å². The third-order valence-electron chi connectivity index (χ3n) is 3.38. The standard InChI is InChI=1S/C12H14N2OS/c15-8-12(4-1-5-12)14-11-9-3-7-16-10(9)2-6-13-11/h2-3,6-7,15H,1,4-5,8H2,(H,13,14). The van der Waals surface area contributed by atoms with E-state index in [1.165, 1.54) is 11.1 Å². The molecule has 84 valence electrons. The van der Waals surface area contributed by atoms with Crippen molar-refractivity contribution in [2.45, 2.75) is 24.8 Å². The molecule has 1 aliphatic carbocycles. The lowest BCUT2D eigenvalue weighted by Gasteiger charge is -2.41. The molecule has 2 aromatic heterocycles. The number of aromatic nitrogens is 1. The molecule has 2 heterocycles. The number of hydrogen-bond acceptors (Lipinski definition) is 4. The maximum atomic E-state index is 9.43. The summed E-state index contributed by atoms with van der Waals surface area (Å²) in [6.45, 7) is 0.190. The van der Waals surface area contributed by atoms with Crippen molar-refractivity contribution in [3.8, 4) is 0 Å². The largest absolute Gasteiger partial charge is 0.394 e. The van der Waals surface area contributed by atoms with Gasteiger partial charge in [-0.25, -0.2) is 4.98 Å². The molecular formula is C12H14N2OS. The van der Waals surface area contributed by atoms with Crippen molar-refractivity contribution in [3.05, 3.63) is 23.7 Å². The molecule has 1 fully saturated rings. The molecule has 0 radical (unpaired) electrons. The molecule has 3 nitrogen and oxygen atoms in total. The molecule has 0 aromatic carbocycles. The first kappa shape index (κ1) is 10.1. The Kier molecular flexibility index (Phi) is 2.33. The average molecular weight is 234 g/mol. The van der Waals surface area contributed by atoms with Crippen molar-refractivity contribution in [2.24, 2.45) is 0 Å². The van der Waals surface area contributed by atoms with E-state index in [9.17, 15) is 5.11 Å². The minimum atomic E-state index is -0.122. The maximum absolute atomic E-state index is 9.43. The van der Waals surface area contributed by atoms with E-state index in [4.69, 9.17) is 0 Å². The minimum Gasteiger partial charge on any atom is -0.394 e. The Balaban J connectivity index is 1.96. The van der Waals surface area contributed by atoms with Gasteiger partial charge in [-0.1, -0.05) is 0 Å². The number of pyridine rings is 1. The SMILES string of the molecule is OCC1(Nc2nccc3sccc23)CCC1. The fourth-order valence-corrected chi connectivity index (χ4v) is 2.95. The third kappa shape index (κ3) is 1.49. The Bertz CT molecular complexity index is 499. The molecule has 0 atom stereocenters. The first-order valence-corrected chi connectivity index (χ1v) is 6.42. The number of thiophene rings is 1. The first-order chi connectivity index (χ1) is 7.83. The van der Waals surface area contributed by atoms with E-state index in [1.807, 2.05) is 12.3 Å². The topological polar surface area (TPSA) is 45.1 Å². The molecule has 0 unspecified atom stereocenters. The number of hydrogen-bond donors (Lipinski definition) is 2. The Hall–Kier alpha value is -1.13. The number of aliphatic hydroxyl groups is 1. The summed E-state index contributed by atoms with van der Waals surface area (Å²) in [7, 11) is 0. The second kappa shape index (κ2) is 3.71. The van der Waals surface area contributed by atoms with Crippen LogP contribution in [0.5, 0.6) is 0 Å². The summed E-state index contributed by atoms with van der Waals surface area (Å²) in [5, 5.41) is 16.1. The van der Waals surface area contributed by atoms with Gasteiger partial charge >= 0.3 is 0 Å². The van der Waals surface area contributed by atoms with Crippen molar-refractivity contribution < 1.29 is 5.11 Å². The Labute approximate surface area is 98.1 Å². The van der Waals surface area contributed by atoms with Gasteiger partial charge in [-0.05, 0) is 36.8 Å². The van der Waals surface area contributed by atoms with Gasteiger partial charge in [0.2, 0.25) is 0 Å². The van der Waals surface area contributed by atoms with Gasteiger partial charge in [0.25, 0.3) is 0 Å². The first-order valence-electron chi connectivity index (χ1n) is 5.54. The number of nitrogens with one attached hydrogen (secondary N) is 1. The van der Waals surface area contributed by atoms with Gasteiger partial charge in [0, 0.05) is 16.3 Å². The number of fused-ring (bicyclic) bond motifs is 1. The predicted molar refractivity (Wildman–Crippen MR) is 66.9 cm³/mol. The van der Waals surface area contributed by atoms with E-state index in [2.05, 4.69) is 21.7 Å². The molecule has 0 bridgehead atoms. The molecule has 1 aliphatic rings. The molecule has 0 spiro atoms. The Morgan fingerprint density at radius 2 is 2.31 bits per heavy atom. The van der Waals surface area contributed by atoms with Crippen LogP contribution < -0.4 is 5.32 Å². The van der Waals surface area contributed by atoms with Crippen LogP contribution in [0.15, 0.2) is 23.7 Å². The fraction of sp³-hybridized carbons (Fsp3) is 0.417. The maximum Gasteiger partial charge on any atom is 0.135 e. The summed E-state index contributed by atoms with van der Waals surface area (Å²) in [6.07, 6.45) is 5.08. The van der Waals surface area contributed by atoms with Gasteiger partial charge < -0.3 is 10.4 Å². The second-order valence-electron chi connectivity index (χ2n) is 4.41. The number of nitrogens with zero attached hydrogens (tertiary/aromatic N) is 1. The van der Waals surface area contributed by atoms with E-state index in [1.54, 1.807) is 11.3 Å². The number of anilines is 1. The van der Waals surface area contributed by atoms with Crippen LogP contribution in [0.4, 0.5) is 5.82 Å². The lowest BCUT2D eigenvalue weighted by atomic mass is 9.77.